The predicted molar refractivity (Wildman–Crippen MR) is 182 cm³/mol. The molecule has 0 saturated carbocycles. The van der Waals surface area contributed by atoms with Gasteiger partial charge in [-0.2, -0.15) is 0 Å². The van der Waals surface area contributed by atoms with E-state index in [1.165, 1.54) is 27.1 Å². The van der Waals surface area contributed by atoms with Gasteiger partial charge >= 0.3 is 24.1 Å². The van der Waals surface area contributed by atoms with Crippen LogP contribution < -0.4 is 0 Å². The van der Waals surface area contributed by atoms with Crippen molar-refractivity contribution in [2.45, 2.75) is 78.9 Å². The lowest BCUT2D eigenvalue weighted by molar-refractivity contribution is -0.146. The van der Waals surface area contributed by atoms with Crippen molar-refractivity contribution in [3.05, 3.63) is 35.9 Å². The minimum Gasteiger partial charge on any atom is -0.467 e. The molecule has 0 aromatic heterocycles. The smallest absolute Gasteiger partial charge is 0.411 e. The van der Waals surface area contributed by atoms with E-state index in [9.17, 15) is 19.2 Å². The molecule has 2 atom stereocenters. The normalized spacial score (nSPS) is 23.6. The number of thioether (sulfide) groups is 4. The number of hydrogen-bond donors (Lipinski definition) is 0. The molecule has 0 aliphatic carbocycles. The van der Waals surface area contributed by atoms with Gasteiger partial charge in [0.2, 0.25) is 0 Å². The molecule has 14 heteroatoms. The molecule has 4 fully saturated rings. The fourth-order valence-corrected chi connectivity index (χ4v) is 12.2. The molecule has 4 heterocycles. The van der Waals surface area contributed by atoms with E-state index in [0.717, 1.165) is 28.6 Å². The summed E-state index contributed by atoms with van der Waals surface area (Å²) in [5.41, 5.74) is 0.358. The van der Waals surface area contributed by atoms with Crippen molar-refractivity contribution >= 4 is 71.2 Å². The van der Waals surface area contributed by atoms with Crippen LogP contribution in [0.5, 0.6) is 0 Å². The Kier molecular flexibility index (Phi) is 12.6. The highest BCUT2D eigenvalue weighted by Crippen LogP contribution is 2.51. The lowest BCUT2D eigenvalue weighted by Crippen LogP contribution is -2.44. The van der Waals surface area contributed by atoms with Gasteiger partial charge in [-0.25, -0.2) is 19.2 Å². The zero-order valence-electron chi connectivity index (χ0n) is 26.6. The number of carbonyl (C=O) groups excluding carboxylic acids is 4. The zero-order chi connectivity index (χ0) is 32.7. The Labute approximate surface area is 283 Å². The number of esters is 2. The van der Waals surface area contributed by atoms with E-state index in [4.69, 9.17) is 18.9 Å². The highest BCUT2D eigenvalue weighted by molar-refractivity contribution is 8.19. The zero-order valence-corrected chi connectivity index (χ0v) is 29.9. The van der Waals surface area contributed by atoms with Gasteiger partial charge in [-0.15, -0.1) is 47.0 Å². The molecule has 0 N–H and O–H groups in total. The van der Waals surface area contributed by atoms with Crippen LogP contribution in [0.3, 0.4) is 0 Å². The second kappa shape index (κ2) is 15.8. The molecule has 0 bridgehead atoms. The monoisotopic (exact) mass is 700 g/mol. The second-order valence-corrected chi connectivity index (χ2v) is 18.6. The molecular weight excluding hydrogens is 657 g/mol. The van der Waals surface area contributed by atoms with Crippen molar-refractivity contribution in [1.29, 1.82) is 0 Å². The van der Waals surface area contributed by atoms with Crippen LogP contribution in [0.4, 0.5) is 9.59 Å². The molecule has 5 rings (SSSR count). The van der Waals surface area contributed by atoms with E-state index in [1.807, 2.05) is 98.2 Å². The molecule has 250 valence electrons. The summed E-state index contributed by atoms with van der Waals surface area (Å²) in [5, 5.41) is 0. The van der Waals surface area contributed by atoms with Gasteiger partial charge in [0.05, 0.1) is 22.4 Å². The van der Waals surface area contributed by atoms with E-state index in [2.05, 4.69) is 0 Å². The van der Waals surface area contributed by atoms with Crippen LogP contribution in [0, 0.1) is 0 Å². The van der Waals surface area contributed by atoms with Crippen LogP contribution in [-0.2, 0) is 35.1 Å². The van der Waals surface area contributed by atoms with Gasteiger partial charge in [0, 0.05) is 25.9 Å². The van der Waals surface area contributed by atoms with E-state index >= 15 is 0 Å². The number of likely N-dealkylation sites (tertiary alicyclic amines) is 2. The number of amides is 2. The maximum Gasteiger partial charge on any atom is 0.411 e. The summed E-state index contributed by atoms with van der Waals surface area (Å²) in [6.07, 6.45) is 2.72. The Morgan fingerprint density at radius 2 is 1.20 bits per heavy atom. The summed E-state index contributed by atoms with van der Waals surface area (Å²) in [6.45, 7) is 6.75. The summed E-state index contributed by atoms with van der Waals surface area (Å²) >= 11 is 7.39. The van der Waals surface area contributed by atoms with Gasteiger partial charge in [0.1, 0.15) is 24.3 Å². The quantitative estimate of drug-likeness (QED) is 0.277. The summed E-state index contributed by atoms with van der Waals surface area (Å²) in [6, 6.07) is 8.44. The first-order valence-electron chi connectivity index (χ1n) is 15.1. The molecule has 1 aromatic rings. The summed E-state index contributed by atoms with van der Waals surface area (Å²) < 4.78 is 20.5. The summed E-state index contributed by atoms with van der Waals surface area (Å²) in [4.78, 5) is 52.2. The number of benzene rings is 1. The second-order valence-electron chi connectivity index (χ2n) is 12.2. The number of carbonyl (C=O) groups is 4. The molecule has 4 aliphatic rings. The summed E-state index contributed by atoms with van der Waals surface area (Å²) in [7, 11) is 2.73. The van der Waals surface area contributed by atoms with Crippen molar-refractivity contribution in [2.24, 2.45) is 0 Å². The van der Waals surface area contributed by atoms with Gasteiger partial charge < -0.3 is 18.9 Å². The molecule has 4 aliphatic heterocycles. The third-order valence-electron chi connectivity index (χ3n) is 7.64. The van der Waals surface area contributed by atoms with Crippen LogP contribution in [-0.4, -0.2) is 110 Å². The van der Waals surface area contributed by atoms with Gasteiger partial charge in [0.25, 0.3) is 0 Å². The number of ether oxygens (including phenoxy) is 4. The third-order valence-corrected chi connectivity index (χ3v) is 14.3. The Hall–Kier alpha value is -1.90. The highest BCUT2D eigenvalue weighted by Gasteiger charge is 2.53. The molecule has 1 aromatic carbocycles. The fourth-order valence-electron chi connectivity index (χ4n) is 5.53. The molecule has 0 unspecified atom stereocenters. The Bertz CT molecular complexity index is 1190. The van der Waals surface area contributed by atoms with Crippen molar-refractivity contribution in [3.8, 4) is 0 Å². The van der Waals surface area contributed by atoms with Gasteiger partial charge in [0.15, 0.2) is 0 Å². The van der Waals surface area contributed by atoms with E-state index in [1.54, 1.807) is 9.80 Å². The van der Waals surface area contributed by atoms with E-state index < -0.39 is 29.9 Å². The van der Waals surface area contributed by atoms with Gasteiger partial charge in [-0.3, -0.25) is 9.80 Å². The van der Waals surface area contributed by atoms with Crippen LogP contribution in [0.1, 0.15) is 52.0 Å². The lowest BCUT2D eigenvalue weighted by Gasteiger charge is -2.32. The first-order valence-corrected chi connectivity index (χ1v) is 19.0. The Morgan fingerprint density at radius 1 is 0.756 bits per heavy atom. The lowest BCUT2D eigenvalue weighted by atomic mass is 10.2. The molecule has 2 amide bonds. The average Bonchev–Trinajstić information content (AvgIpc) is 3.59. The van der Waals surface area contributed by atoms with Crippen molar-refractivity contribution < 1.29 is 38.1 Å². The topological polar surface area (TPSA) is 112 Å². The molecule has 2 spiro atoms. The Balaban J connectivity index is 0.000000207. The number of methoxy groups -OCH3 is 2. The molecular formula is C31H44N2O8S4. The first-order chi connectivity index (χ1) is 21.4. The summed E-state index contributed by atoms with van der Waals surface area (Å²) in [5.74, 6) is 3.55. The molecule has 0 radical (unpaired) electrons. The minimum atomic E-state index is -0.569. The van der Waals surface area contributed by atoms with Crippen molar-refractivity contribution in [2.75, 3.05) is 50.3 Å². The number of rotatable bonds is 4. The first kappa shape index (κ1) is 35.9. The SMILES string of the molecule is COC(=O)[C@@H]1CC2(CN1C(=O)OC(C)(C)C)SCCCS2.COC(=O)[C@@H]1CC2(CN1C(=O)OCc1ccccc1)SCCCS2. The van der Waals surface area contributed by atoms with Crippen LogP contribution >= 0.6 is 47.0 Å². The molecule has 4 saturated heterocycles. The number of nitrogens with zero attached hydrogens (tertiary/aromatic N) is 2. The van der Waals surface area contributed by atoms with Crippen molar-refractivity contribution in [3.63, 3.8) is 0 Å². The van der Waals surface area contributed by atoms with Crippen LogP contribution in [0.2, 0.25) is 0 Å². The van der Waals surface area contributed by atoms with E-state index in [-0.39, 0.29) is 26.7 Å². The highest BCUT2D eigenvalue weighted by atomic mass is 32.2. The minimum absolute atomic E-state index is 0.0893. The number of hydrogen-bond acceptors (Lipinski definition) is 12. The van der Waals surface area contributed by atoms with Crippen molar-refractivity contribution in [1.82, 2.24) is 9.80 Å². The molecule has 10 nitrogen and oxygen atoms in total. The fraction of sp³-hybridized carbons (Fsp3) is 0.677. The van der Waals surface area contributed by atoms with Gasteiger partial charge in [-0.05, 0) is 62.2 Å². The maximum atomic E-state index is 12.6. The predicted octanol–water partition coefficient (Wildman–Crippen LogP) is 5.87. The maximum absolute atomic E-state index is 12.6. The Morgan fingerprint density at radius 3 is 1.62 bits per heavy atom. The average molecular weight is 701 g/mol. The standard InChI is InChI=1S/C17H21NO4S2.C14H23NO4S2/c1-21-15(19)14-10-17(23-8-5-9-24-17)12-18(14)16(20)22-11-13-6-3-2-4-7-13;1-13(2,3)19-12(17)15-9-14(20-6-5-7-21-14)8-10(15)11(16)18-4/h2-4,6-7,14H,5,8-12H2,1H3;10H,5-9H2,1-4H3/t14-;10-/m00/s1. The van der Waals surface area contributed by atoms with E-state index in [0.29, 0.717) is 25.9 Å². The molecule has 45 heavy (non-hydrogen) atoms. The van der Waals surface area contributed by atoms with Gasteiger partial charge in [-0.1, -0.05) is 30.3 Å². The third kappa shape index (κ3) is 9.57. The largest absolute Gasteiger partial charge is 0.467 e. The van der Waals surface area contributed by atoms with Crippen LogP contribution in [0.15, 0.2) is 30.3 Å². The van der Waals surface area contributed by atoms with Crippen LogP contribution in [0.25, 0.3) is 0 Å².